The molecule has 0 aromatic carbocycles. The van der Waals surface area contributed by atoms with Gasteiger partial charge in [0.1, 0.15) is 17.5 Å². The van der Waals surface area contributed by atoms with Crippen LogP contribution in [0.3, 0.4) is 0 Å². The Balaban J connectivity index is 2.85. The number of anilines is 2. The monoisotopic (exact) mass is 223 g/mol. The van der Waals surface area contributed by atoms with Crippen LogP contribution in [0.4, 0.5) is 11.6 Å². The Labute approximate surface area is 96.8 Å². The quantitative estimate of drug-likeness (QED) is 0.539. The molecule has 1 heterocycles. The molecule has 0 amide bonds. The van der Waals surface area contributed by atoms with E-state index in [1.807, 2.05) is 6.92 Å². The summed E-state index contributed by atoms with van der Waals surface area (Å²) in [6.07, 6.45) is 0. The van der Waals surface area contributed by atoms with Crippen LogP contribution in [0.15, 0.2) is 6.07 Å². The summed E-state index contributed by atoms with van der Waals surface area (Å²) in [6.45, 7) is 10.5. The van der Waals surface area contributed by atoms with Crippen LogP contribution in [0, 0.1) is 12.3 Å². The van der Waals surface area contributed by atoms with Gasteiger partial charge in [-0.15, -0.1) is 0 Å². The summed E-state index contributed by atoms with van der Waals surface area (Å²) in [5.74, 6) is 7.45. The van der Waals surface area contributed by atoms with Crippen LogP contribution in [0.1, 0.15) is 33.5 Å². The Morgan fingerprint density at radius 1 is 1.25 bits per heavy atom. The first-order valence-corrected chi connectivity index (χ1v) is 5.42. The van der Waals surface area contributed by atoms with E-state index in [2.05, 4.69) is 48.4 Å². The van der Waals surface area contributed by atoms with Gasteiger partial charge in [-0.1, -0.05) is 20.8 Å². The van der Waals surface area contributed by atoms with E-state index in [1.165, 1.54) is 0 Å². The second kappa shape index (κ2) is 4.65. The minimum absolute atomic E-state index is 0.176. The average molecular weight is 223 g/mol. The van der Waals surface area contributed by atoms with Crippen LogP contribution in [-0.4, -0.2) is 16.0 Å². The Hall–Kier alpha value is -1.36. The van der Waals surface area contributed by atoms with Gasteiger partial charge in [0.25, 0.3) is 0 Å². The molecular weight excluding hydrogens is 202 g/mol. The largest absolute Gasteiger partial charge is 0.367 e. The van der Waals surface area contributed by atoms with E-state index in [0.29, 0.717) is 17.7 Å². The summed E-state index contributed by atoms with van der Waals surface area (Å²) in [7, 11) is 0. The fraction of sp³-hybridized carbons (Fsp3) is 0.636. The molecule has 1 rings (SSSR count). The van der Waals surface area contributed by atoms with Crippen molar-refractivity contribution in [1.29, 1.82) is 0 Å². The van der Waals surface area contributed by atoms with Crippen molar-refractivity contribution < 1.29 is 0 Å². The Morgan fingerprint density at radius 3 is 2.31 bits per heavy atom. The van der Waals surface area contributed by atoms with Crippen LogP contribution >= 0.6 is 0 Å². The molecule has 1 aromatic rings. The number of rotatable bonds is 3. The van der Waals surface area contributed by atoms with Crippen LogP contribution < -0.4 is 16.6 Å². The van der Waals surface area contributed by atoms with Crippen molar-refractivity contribution >= 4 is 11.6 Å². The zero-order valence-corrected chi connectivity index (χ0v) is 10.6. The minimum Gasteiger partial charge on any atom is -0.367 e. The van der Waals surface area contributed by atoms with Gasteiger partial charge in [-0.25, -0.2) is 15.8 Å². The molecule has 5 nitrogen and oxygen atoms in total. The lowest BCUT2D eigenvalue weighted by Crippen LogP contribution is -2.31. The van der Waals surface area contributed by atoms with Gasteiger partial charge in [-0.2, -0.15) is 0 Å². The number of aromatic nitrogens is 2. The molecule has 5 heteroatoms. The average Bonchev–Trinajstić information content (AvgIpc) is 2.15. The first-order chi connectivity index (χ1) is 7.32. The molecule has 0 aliphatic heterocycles. The zero-order chi connectivity index (χ0) is 12.3. The van der Waals surface area contributed by atoms with E-state index in [4.69, 9.17) is 5.84 Å². The summed E-state index contributed by atoms with van der Waals surface area (Å²) in [5.41, 5.74) is 2.70. The maximum Gasteiger partial charge on any atom is 0.145 e. The molecule has 0 saturated heterocycles. The normalized spacial score (nSPS) is 13.4. The molecule has 0 spiro atoms. The maximum atomic E-state index is 5.34. The molecule has 1 unspecified atom stereocenters. The summed E-state index contributed by atoms with van der Waals surface area (Å²) in [4.78, 5) is 8.45. The fourth-order valence-corrected chi connectivity index (χ4v) is 1.15. The zero-order valence-electron chi connectivity index (χ0n) is 10.6. The molecule has 1 aromatic heterocycles. The number of nitrogens with zero attached hydrogens (tertiary/aromatic N) is 2. The standard InChI is InChI=1S/C11H21N5/c1-7(11(3,4)5)13-9-6-10(16-12)15-8(2)14-9/h6-7H,12H2,1-5H3,(H2,13,14,15,16). The second-order valence-electron chi connectivity index (χ2n) is 5.06. The van der Waals surface area contributed by atoms with E-state index in [1.54, 1.807) is 6.07 Å². The van der Waals surface area contributed by atoms with E-state index in [-0.39, 0.29) is 5.41 Å². The van der Waals surface area contributed by atoms with Gasteiger partial charge in [0.05, 0.1) is 0 Å². The first-order valence-electron chi connectivity index (χ1n) is 5.42. The van der Waals surface area contributed by atoms with E-state index >= 15 is 0 Å². The number of hydrazine groups is 1. The molecule has 4 N–H and O–H groups in total. The van der Waals surface area contributed by atoms with Gasteiger partial charge in [0.2, 0.25) is 0 Å². The highest BCUT2D eigenvalue weighted by Gasteiger charge is 2.20. The molecule has 0 fully saturated rings. The summed E-state index contributed by atoms with van der Waals surface area (Å²) in [5, 5.41) is 3.35. The second-order valence-corrected chi connectivity index (χ2v) is 5.06. The third-order valence-electron chi connectivity index (χ3n) is 2.65. The lowest BCUT2D eigenvalue weighted by molar-refractivity contribution is 0.358. The highest BCUT2D eigenvalue weighted by atomic mass is 15.3. The van der Waals surface area contributed by atoms with Gasteiger partial charge in [0.15, 0.2) is 0 Å². The lowest BCUT2D eigenvalue weighted by Gasteiger charge is -2.28. The van der Waals surface area contributed by atoms with E-state index in [9.17, 15) is 0 Å². The van der Waals surface area contributed by atoms with Crippen LogP contribution in [-0.2, 0) is 0 Å². The van der Waals surface area contributed by atoms with Crippen molar-refractivity contribution in [3.05, 3.63) is 11.9 Å². The van der Waals surface area contributed by atoms with Gasteiger partial charge in [0, 0.05) is 12.1 Å². The lowest BCUT2D eigenvalue weighted by atomic mass is 9.88. The summed E-state index contributed by atoms with van der Waals surface area (Å²) < 4.78 is 0. The van der Waals surface area contributed by atoms with E-state index < -0.39 is 0 Å². The molecule has 90 valence electrons. The van der Waals surface area contributed by atoms with Gasteiger partial charge < -0.3 is 10.7 Å². The smallest absolute Gasteiger partial charge is 0.145 e. The van der Waals surface area contributed by atoms with Crippen molar-refractivity contribution in [1.82, 2.24) is 9.97 Å². The Morgan fingerprint density at radius 2 is 1.81 bits per heavy atom. The van der Waals surface area contributed by atoms with Crippen molar-refractivity contribution in [2.45, 2.75) is 40.7 Å². The molecule has 0 radical (unpaired) electrons. The fourth-order valence-electron chi connectivity index (χ4n) is 1.15. The van der Waals surface area contributed by atoms with Crippen LogP contribution in [0.2, 0.25) is 0 Å². The van der Waals surface area contributed by atoms with Crippen molar-refractivity contribution in [3.8, 4) is 0 Å². The van der Waals surface area contributed by atoms with E-state index in [0.717, 1.165) is 5.82 Å². The van der Waals surface area contributed by atoms with Crippen LogP contribution in [0.5, 0.6) is 0 Å². The summed E-state index contributed by atoms with van der Waals surface area (Å²) in [6, 6.07) is 2.11. The Bertz CT molecular complexity index is 356. The van der Waals surface area contributed by atoms with Crippen LogP contribution in [0.25, 0.3) is 0 Å². The molecule has 0 aliphatic rings. The molecule has 0 saturated carbocycles. The Kier molecular flexibility index (Phi) is 3.70. The number of nitrogen functional groups attached to an aromatic ring is 1. The van der Waals surface area contributed by atoms with Gasteiger partial charge in [-0.05, 0) is 19.3 Å². The topological polar surface area (TPSA) is 75.9 Å². The number of hydrogen-bond donors (Lipinski definition) is 3. The van der Waals surface area contributed by atoms with Crippen molar-refractivity contribution in [3.63, 3.8) is 0 Å². The number of hydrogen-bond acceptors (Lipinski definition) is 5. The third kappa shape index (κ3) is 3.34. The summed E-state index contributed by atoms with van der Waals surface area (Å²) >= 11 is 0. The molecular formula is C11H21N5. The first kappa shape index (κ1) is 12.7. The van der Waals surface area contributed by atoms with Crippen molar-refractivity contribution in [2.24, 2.45) is 11.3 Å². The predicted molar refractivity (Wildman–Crippen MR) is 67.1 cm³/mol. The predicted octanol–water partition coefficient (Wildman–Crippen LogP) is 1.92. The maximum absolute atomic E-state index is 5.34. The van der Waals surface area contributed by atoms with Crippen molar-refractivity contribution in [2.75, 3.05) is 10.7 Å². The minimum atomic E-state index is 0.176. The SMILES string of the molecule is Cc1nc(NN)cc(NC(C)C(C)(C)C)n1. The van der Waals surface area contributed by atoms with Gasteiger partial charge in [-0.3, -0.25) is 0 Å². The highest BCUT2D eigenvalue weighted by Crippen LogP contribution is 2.22. The molecule has 0 bridgehead atoms. The third-order valence-corrected chi connectivity index (χ3v) is 2.65. The molecule has 0 aliphatic carbocycles. The number of nitrogens with two attached hydrogens (primary N) is 1. The molecule has 16 heavy (non-hydrogen) atoms. The number of nitrogens with one attached hydrogen (secondary N) is 2. The number of aryl methyl sites for hydroxylation is 1. The molecule has 1 atom stereocenters. The van der Waals surface area contributed by atoms with Gasteiger partial charge >= 0.3 is 0 Å². The highest BCUT2D eigenvalue weighted by molar-refractivity contribution is 5.47.